The maximum atomic E-state index is 13.7. The molecule has 194 valence electrons. The van der Waals surface area contributed by atoms with E-state index in [1.54, 1.807) is 24.5 Å². The van der Waals surface area contributed by atoms with Crippen LogP contribution in [0.2, 0.25) is 0 Å². The van der Waals surface area contributed by atoms with Crippen molar-refractivity contribution in [2.75, 3.05) is 6.79 Å². The highest BCUT2D eigenvalue weighted by atomic mass is 16.7. The minimum Gasteiger partial charge on any atom is -0.458 e. The lowest BCUT2D eigenvalue weighted by Crippen LogP contribution is -2.76. The molecule has 1 amide bonds. The third-order valence-corrected chi connectivity index (χ3v) is 9.18. The van der Waals surface area contributed by atoms with Gasteiger partial charge in [-0.3, -0.25) is 9.59 Å². The first-order chi connectivity index (χ1) is 18.2. The first-order valence-electron chi connectivity index (χ1n) is 12.9. The Hall–Kier alpha value is -3.92. The number of rotatable bonds is 3. The van der Waals surface area contributed by atoms with Gasteiger partial charge in [-0.2, -0.15) is 0 Å². The van der Waals surface area contributed by atoms with Crippen molar-refractivity contribution in [2.24, 2.45) is 0 Å². The van der Waals surface area contributed by atoms with Crippen LogP contribution in [0.4, 0.5) is 0 Å². The number of cyclic esters (lactones) is 1. The van der Waals surface area contributed by atoms with Crippen molar-refractivity contribution >= 4 is 22.8 Å². The molecule has 2 bridgehead atoms. The summed E-state index contributed by atoms with van der Waals surface area (Å²) in [5.41, 5.74) is 2.17. The minimum atomic E-state index is -1.88. The smallest absolute Gasteiger partial charge is 0.343 e. The summed E-state index contributed by atoms with van der Waals surface area (Å²) in [6.45, 7) is 3.54. The van der Waals surface area contributed by atoms with Crippen LogP contribution in [0, 0.1) is 0 Å². The number of nitrogens with zero attached hydrogens (tertiary/aromatic N) is 2. The highest BCUT2D eigenvalue weighted by Crippen LogP contribution is 2.69. The summed E-state index contributed by atoms with van der Waals surface area (Å²) in [7, 11) is 0. The number of hydrogen-bond donors (Lipinski definition) is 2. The monoisotopic (exact) mass is 515 g/mol. The van der Waals surface area contributed by atoms with Crippen molar-refractivity contribution in [3.8, 4) is 22.9 Å². The molecule has 10 nitrogen and oxygen atoms in total. The molecule has 0 unspecified atom stereocenters. The average Bonchev–Trinajstić information content (AvgIpc) is 3.45. The number of ether oxygens (including phenoxy) is 3. The van der Waals surface area contributed by atoms with E-state index in [0.29, 0.717) is 40.6 Å². The Bertz CT molecular complexity index is 1700. The van der Waals surface area contributed by atoms with Gasteiger partial charge >= 0.3 is 5.97 Å². The van der Waals surface area contributed by atoms with E-state index in [-0.39, 0.29) is 42.2 Å². The summed E-state index contributed by atoms with van der Waals surface area (Å²) in [5.74, 6) is 0.505. The van der Waals surface area contributed by atoms with Gasteiger partial charge in [0.15, 0.2) is 17.1 Å². The van der Waals surface area contributed by atoms with Crippen LogP contribution in [-0.4, -0.2) is 38.9 Å². The van der Waals surface area contributed by atoms with Crippen LogP contribution in [0.3, 0.4) is 0 Å². The Morgan fingerprint density at radius 3 is 2.55 bits per heavy atom. The highest BCUT2D eigenvalue weighted by molar-refractivity contribution is 5.93. The zero-order chi connectivity index (χ0) is 26.2. The first kappa shape index (κ1) is 22.1. The van der Waals surface area contributed by atoms with Gasteiger partial charge < -0.3 is 29.2 Å². The SMILES string of the molecule is CC[C@@]1(O)C(=O)OCc2c1cc1n(c2=O)Cc2c-1nc1cc3c(cc1c2C12CC(NC(C)=O)(C1)C2)OCO3. The second-order valence-corrected chi connectivity index (χ2v) is 11.4. The van der Waals surface area contributed by atoms with Gasteiger partial charge in [0.1, 0.15) is 6.61 Å². The number of benzene rings is 1. The lowest BCUT2D eigenvalue weighted by atomic mass is 9.37. The molecule has 0 radical (unpaired) electrons. The number of carbonyl (C=O) groups excluding carboxylic acids is 2. The zero-order valence-electron chi connectivity index (χ0n) is 21.0. The normalized spacial score (nSPS) is 29.1. The molecule has 10 heteroatoms. The number of aliphatic hydroxyl groups is 1. The Morgan fingerprint density at radius 2 is 1.84 bits per heavy atom. The van der Waals surface area contributed by atoms with Crippen LogP contribution in [0.25, 0.3) is 22.3 Å². The molecule has 9 rings (SSSR count). The van der Waals surface area contributed by atoms with Crippen molar-refractivity contribution in [3.63, 3.8) is 0 Å². The van der Waals surface area contributed by atoms with E-state index in [4.69, 9.17) is 19.2 Å². The Balaban J connectivity index is 1.37. The van der Waals surface area contributed by atoms with Crippen molar-refractivity contribution in [2.45, 2.75) is 69.2 Å². The van der Waals surface area contributed by atoms with Gasteiger partial charge in [0.05, 0.1) is 29.0 Å². The van der Waals surface area contributed by atoms with Crippen LogP contribution in [0.15, 0.2) is 23.0 Å². The van der Waals surface area contributed by atoms with Gasteiger partial charge in [-0.25, -0.2) is 9.78 Å². The predicted molar refractivity (Wildman–Crippen MR) is 133 cm³/mol. The van der Waals surface area contributed by atoms with Crippen LogP contribution < -0.4 is 20.3 Å². The Labute approximate surface area is 216 Å². The number of amides is 1. The molecular formula is C28H25N3O7. The third kappa shape index (κ3) is 2.51. The molecular weight excluding hydrogens is 490 g/mol. The number of nitrogens with one attached hydrogen (secondary N) is 1. The molecule has 3 aliphatic carbocycles. The predicted octanol–water partition coefficient (Wildman–Crippen LogP) is 2.12. The van der Waals surface area contributed by atoms with Crippen LogP contribution in [-0.2, 0) is 38.5 Å². The maximum absolute atomic E-state index is 13.7. The van der Waals surface area contributed by atoms with Gasteiger partial charge in [0.25, 0.3) is 5.56 Å². The highest BCUT2D eigenvalue weighted by Gasteiger charge is 2.70. The fourth-order valence-corrected chi connectivity index (χ4v) is 7.63. The van der Waals surface area contributed by atoms with E-state index in [2.05, 4.69) is 5.32 Å². The summed E-state index contributed by atoms with van der Waals surface area (Å²) in [6, 6.07) is 5.59. The van der Waals surface area contributed by atoms with Crippen LogP contribution in [0.1, 0.15) is 61.8 Å². The molecule has 1 atom stereocenters. The van der Waals surface area contributed by atoms with Gasteiger partial charge in [-0.15, -0.1) is 0 Å². The van der Waals surface area contributed by atoms with Crippen LogP contribution in [0.5, 0.6) is 11.5 Å². The zero-order valence-corrected chi connectivity index (χ0v) is 21.0. The molecule has 6 aliphatic rings. The van der Waals surface area contributed by atoms with Crippen molar-refractivity contribution < 1.29 is 28.9 Å². The average molecular weight is 516 g/mol. The number of esters is 1. The molecule has 3 aliphatic heterocycles. The summed E-state index contributed by atoms with van der Waals surface area (Å²) >= 11 is 0. The molecule has 38 heavy (non-hydrogen) atoms. The van der Waals surface area contributed by atoms with Crippen molar-refractivity contribution in [1.82, 2.24) is 14.9 Å². The fraction of sp³-hybridized carbons (Fsp3) is 0.429. The number of carbonyl (C=O) groups is 2. The van der Waals surface area contributed by atoms with Crippen molar-refractivity contribution in [1.29, 1.82) is 0 Å². The number of aromatic nitrogens is 2. The standard InChI is InChI=1S/C28H25N3O7/c1-3-28(35)17-5-19-23-15(7-31(19)24(33)16(17)8-36-25(28)34)22(26-9-27(10-26,11-26)30-13(2)32)14-4-20-21(38-12-37-20)6-18(14)29-23/h4-6,35H,3,7-12H2,1-2H3,(H,30,32)/t26?,27?,28-/m0/s1. The third-order valence-electron chi connectivity index (χ3n) is 9.18. The van der Waals surface area contributed by atoms with E-state index in [0.717, 1.165) is 41.3 Å². The lowest BCUT2D eigenvalue weighted by molar-refractivity contribution is -0.172. The number of fused-ring (bicyclic) bond motifs is 6. The Morgan fingerprint density at radius 1 is 1.11 bits per heavy atom. The molecule has 2 aromatic heterocycles. The van der Waals surface area contributed by atoms with Crippen LogP contribution >= 0.6 is 0 Å². The van der Waals surface area contributed by atoms with Gasteiger partial charge in [-0.1, -0.05) is 6.92 Å². The van der Waals surface area contributed by atoms with E-state index < -0.39 is 11.6 Å². The summed E-state index contributed by atoms with van der Waals surface area (Å²) < 4.78 is 18.2. The topological polar surface area (TPSA) is 129 Å². The fourth-order valence-electron chi connectivity index (χ4n) is 7.63. The first-order valence-corrected chi connectivity index (χ1v) is 12.9. The second-order valence-electron chi connectivity index (χ2n) is 11.4. The van der Waals surface area contributed by atoms with Crippen molar-refractivity contribution in [3.05, 3.63) is 50.8 Å². The molecule has 3 fully saturated rings. The quantitative estimate of drug-likeness (QED) is 0.397. The number of pyridine rings is 2. The lowest BCUT2D eigenvalue weighted by Gasteiger charge is -2.71. The minimum absolute atomic E-state index is 0.0313. The largest absolute Gasteiger partial charge is 0.458 e. The molecule has 2 N–H and O–H groups in total. The van der Waals surface area contributed by atoms with E-state index in [1.807, 2.05) is 12.1 Å². The Kier molecular flexibility index (Phi) is 3.92. The van der Waals surface area contributed by atoms with E-state index in [9.17, 15) is 19.5 Å². The van der Waals surface area contributed by atoms with Gasteiger partial charge in [0, 0.05) is 40.5 Å². The van der Waals surface area contributed by atoms with Gasteiger partial charge in [-0.05, 0) is 43.4 Å². The molecule has 1 aromatic carbocycles. The summed E-state index contributed by atoms with van der Waals surface area (Å²) in [5, 5.41) is 15.3. The summed E-state index contributed by atoms with van der Waals surface area (Å²) in [6.07, 6.45) is 2.54. The summed E-state index contributed by atoms with van der Waals surface area (Å²) in [4.78, 5) is 43.1. The number of hydrogen-bond acceptors (Lipinski definition) is 8. The molecule has 3 aromatic rings. The second kappa shape index (κ2) is 6.74. The molecule has 5 heterocycles. The molecule has 0 spiro atoms. The molecule has 0 saturated heterocycles. The maximum Gasteiger partial charge on any atom is 0.343 e. The molecule has 3 saturated carbocycles. The van der Waals surface area contributed by atoms with Gasteiger partial charge in [0.2, 0.25) is 12.7 Å². The van der Waals surface area contributed by atoms with E-state index >= 15 is 0 Å². The van der Waals surface area contributed by atoms with E-state index in [1.165, 1.54) is 0 Å².